The van der Waals surface area contributed by atoms with Gasteiger partial charge in [0, 0.05) is 11.6 Å². The van der Waals surface area contributed by atoms with Gasteiger partial charge >= 0.3 is 5.69 Å². The second-order valence-electron chi connectivity index (χ2n) is 8.60. The molecule has 2 heterocycles. The zero-order chi connectivity index (χ0) is 20.9. The summed E-state index contributed by atoms with van der Waals surface area (Å²) in [4.78, 5) is 23.8. The van der Waals surface area contributed by atoms with Gasteiger partial charge in [-0.15, -0.1) is 0 Å². The number of nitro groups is 1. The zero-order valence-electron chi connectivity index (χ0n) is 17.3. The molecule has 2 aromatic rings. The molecule has 0 unspecified atom stereocenters. The predicted octanol–water partition coefficient (Wildman–Crippen LogP) is 3.31. The highest BCUT2D eigenvalue weighted by molar-refractivity contribution is 5.94. The number of fused-ring (bicyclic) bond motifs is 2. The van der Waals surface area contributed by atoms with E-state index in [1.54, 1.807) is 20.8 Å². The first-order valence-corrected chi connectivity index (χ1v) is 10.2. The minimum atomic E-state index is -0.431. The van der Waals surface area contributed by atoms with E-state index in [0.717, 1.165) is 5.92 Å². The fraction of sp³-hybridized carbons (Fsp3) is 0.650. The van der Waals surface area contributed by atoms with Crippen LogP contribution in [0.5, 0.6) is 0 Å². The molecule has 2 aromatic heterocycles. The van der Waals surface area contributed by atoms with Gasteiger partial charge in [0.2, 0.25) is 0 Å². The molecule has 4 atom stereocenters. The smallest absolute Gasteiger partial charge is 0.312 e. The third-order valence-corrected chi connectivity index (χ3v) is 6.83. The summed E-state index contributed by atoms with van der Waals surface area (Å²) in [5.41, 5.74) is 1.61. The summed E-state index contributed by atoms with van der Waals surface area (Å²) in [5.74, 6) is 2.30. The normalized spacial score (nSPS) is 24.1. The van der Waals surface area contributed by atoms with Gasteiger partial charge in [0.15, 0.2) is 5.69 Å². The van der Waals surface area contributed by atoms with E-state index in [-0.39, 0.29) is 29.9 Å². The summed E-state index contributed by atoms with van der Waals surface area (Å²) < 4.78 is 6.81. The Kier molecular flexibility index (Phi) is 4.92. The highest BCUT2D eigenvalue weighted by Crippen LogP contribution is 2.49. The van der Waals surface area contributed by atoms with Crippen molar-refractivity contribution >= 4 is 11.6 Å². The summed E-state index contributed by atoms with van der Waals surface area (Å²) in [6, 6.07) is 0.0810. The van der Waals surface area contributed by atoms with Crippen molar-refractivity contribution in [1.82, 2.24) is 20.3 Å². The maximum atomic E-state index is 12.9. The van der Waals surface area contributed by atoms with E-state index in [9.17, 15) is 14.9 Å². The maximum Gasteiger partial charge on any atom is 0.312 e. The van der Waals surface area contributed by atoms with Gasteiger partial charge in [0.05, 0.1) is 11.5 Å². The SMILES string of the molecule is Cc1nn(Cc2c(C(=O)N[C@@H](C)[C@@H]3C[C@@H]4CC[C@@H]3C4)noc2C)c(C)c1[N+](=O)[O-]. The second-order valence-corrected chi connectivity index (χ2v) is 8.60. The molecule has 0 saturated heterocycles. The molecule has 0 radical (unpaired) electrons. The summed E-state index contributed by atoms with van der Waals surface area (Å²) in [6.07, 6.45) is 5.06. The van der Waals surface area contributed by atoms with E-state index >= 15 is 0 Å². The Morgan fingerprint density at radius 2 is 2.10 bits per heavy atom. The van der Waals surface area contributed by atoms with Crippen LogP contribution in [0.4, 0.5) is 5.69 Å². The van der Waals surface area contributed by atoms with Gasteiger partial charge < -0.3 is 9.84 Å². The van der Waals surface area contributed by atoms with Crippen molar-refractivity contribution in [2.45, 2.75) is 66.0 Å². The first kappa shape index (κ1) is 19.6. The number of aryl methyl sites for hydroxylation is 2. The monoisotopic (exact) mass is 401 g/mol. The van der Waals surface area contributed by atoms with Gasteiger partial charge in [-0.1, -0.05) is 11.6 Å². The van der Waals surface area contributed by atoms with Crippen molar-refractivity contribution in [1.29, 1.82) is 0 Å². The lowest BCUT2D eigenvalue weighted by molar-refractivity contribution is -0.386. The highest BCUT2D eigenvalue weighted by atomic mass is 16.6. The summed E-state index contributed by atoms with van der Waals surface area (Å²) in [6.45, 7) is 7.25. The Morgan fingerprint density at radius 3 is 2.69 bits per heavy atom. The molecule has 9 nitrogen and oxygen atoms in total. The van der Waals surface area contributed by atoms with Crippen LogP contribution in [-0.2, 0) is 6.54 Å². The van der Waals surface area contributed by atoms with Crippen LogP contribution in [0.3, 0.4) is 0 Å². The van der Waals surface area contributed by atoms with Crippen molar-refractivity contribution in [3.05, 3.63) is 38.5 Å². The third-order valence-electron chi connectivity index (χ3n) is 6.83. The molecule has 2 saturated carbocycles. The second kappa shape index (κ2) is 7.27. The molecule has 1 N–H and O–H groups in total. The van der Waals surface area contributed by atoms with Crippen LogP contribution in [-0.4, -0.2) is 31.8 Å². The average molecular weight is 401 g/mol. The predicted molar refractivity (Wildman–Crippen MR) is 105 cm³/mol. The van der Waals surface area contributed by atoms with Crippen LogP contribution in [0.15, 0.2) is 4.52 Å². The van der Waals surface area contributed by atoms with Gasteiger partial charge in [-0.25, -0.2) is 0 Å². The van der Waals surface area contributed by atoms with Crippen molar-refractivity contribution < 1.29 is 14.2 Å². The topological polar surface area (TPSA) is 116 Å². The lowest BCUT2D eigenvalue weighted by atomic mass is 9.84. The summed E-state index contributed by atoms with van der Waals surface area (Å²) in [5, 5.41) is 22.6. The average Bonchev–Trinajstić information content (AvgIpc) is 3.41. The number of nitrogens with one attached hydrogen (secondary N) is 1. The Hall–Kier alpha value is -2.71. The molecule has 1 amide bonds. The molecule has 9 heteroatoms. The number of carbonyl (C=O) groups excluding carboxylic acids is 1. The van der Waals surface area contributed by atoms with Crippen LogP contribution >= 0.6 is 0 Å². The number of amides is 1. The quantitative estimate of drug-likeness (QED) is 0.586. The largest absolute Gasteiger partial charge is 0.361 e. The number of rotatable bonds is 6. The van der Waals surface area contributed by atoms with Gasteiger partial charge in [0.25, 0.3) is 5.91 Å². The van der Waals surface area contributed by atoms with E-state index in [1.165, 1.54) is 30.4 Å². The number of hydrogen-bond donors (Lipinski definition) is 1. The fourth-order valence-corrected chi connectivity index (χ4v) is 5.30. The Balaban J connectivity index is 1.52. The molecule has 29 heavy (non-hydrogen) atoms. The van der Waals surface area contributed by atoms with Crippen LogP contribution in [0.1, 0.15) is 65.8 Å². The molecule has 2 aliphatic rings. The van der Waals surface area contributed by atoms with Gasteiger partial charge in [-0.3, -0.25) is 19.6 Å². The summed E-state index contributed by atoms with van der Waals surface area (Å²) >= 11 is 0. The number of carbonyl (C=O) groups is 1. The van der Waals surface area contributed by atoms with Gasteiger partial charge in [-0.2, -0.15) is 5.10 Å². The minimum Gasteiger partial charge on any atom is -0.361 e. The number of nitrogens with zero attached hydrogens (tertiary/aromatic N) is 4. The van der Waals surface area contributed by atoms with Crippen molar-refractivity contribution in [3.63, 3.8) is 0 Å². The molecule has 2 aliphatic carbocycles. The van der Waals surface area contributed by atoms with Crippen molar-refractivity contribution in [2.75, 3.05) is 0 Å². The van der Waals surface area contributed by atoms with E-state index in [1.807, 2.05) is 0 Å². The maximum absolute atomic E-state index is 12.9. The molecular formula is C20H27N5O4. The van der Waals surface area contributed by atoms with Gasteiger partial charge in [-0.05, 0) is 64.7 Å². The molecule has 0 aliphatic heterocycles. The van der Waals surface area contributed by atoms with Crippen molar-refractivity contribution in [3.8, 4) is 0 Å². The van der Waals surface area contributed by atoms with Gasteiger partial charge in [0.1, 0.15) is 17.1 Å². The Morgan fingerprint density at radius 1 is 1.34 bits per heavy atom. The van der Waals surface area contributed by atoms with Crippen LogP contribution in [0, 0.1) is 48.6 Å². The molecule has 0 aromatic carbocycles. The number of hydrogen-bond acceptors (Lipinski definition) is 6. The van der Waals surface area contributed by atoms with E-state index < -0.39 is 4.92 Å². The minimum absolute atomic E-state index is 0.00461. The molecule has 0 spiro atoms. The first-order chi connectivity index (χ1) is 13.8. The zero-order valence-corrected chi connectivity index (χ0v) is 17.3. The lowest BCUT2D eigenvalue weighted by Crippen LogP contribution is -2.40. The standard InChI is InChI=1S/C20H27N5O4/c1-10(16-8-14-5-6-15(16)7-14)21-20(26)18-17(13(4)29-23-18)9-24-12(3)19(25(27)28)11(2)22-24/h10,14-16H,5-9H2,1-4H3,(H,21,26)/t10-,14+,15+,16-/m0/s1. The van der Waals surface area contributed by atoms with Crippen LogP contribution in [0.25, 0.3) is 0 Å². The molecule has 2 fully saturated rings. The molecule has 156 valence electrons. The van der Waals surface area contributed by atoms with E-state index in [4.69, 9.17) is 4.52 Å². The van der Waals surface area contributed by atoms with Crippen LogP contribution < -0.4 is 5.32 Å². The molecule has 4 rings (SSSR count). The molecule has 2 bridgehead atoms. The number of aromatic nitrogens is 3. The Labute approximate surface area is 169 Å². The first-order valence-electron chi connectivity index (χ1n) is 10.2. The van der Waals surface area contributed by atoms with Crippen molar-refractivity contribution in [2.24, 2.45) is 17.8 Å². The summed E-state index contributed by atoms with van der Waals surface area (Å²) in [7, 11) is 0. The van der Waals surface area contributed by atoms with E-state index in [0.29, 0.717) is 34.5 Å². The Bertz CT molecular complexity index is 962. The van der Waals surface area contributed by atoms with Crippen LogP contribution in [0.2, 0.25) is 0 Å². The van der Waals surface area contributed by atoms with E-state index in [2.05, 4.69) is 22.5 Å². The fourth-order valence-electron chi connectivity index (χ4n) is 5.30. The highest BCUT2D eigenvalue weighted by Gasteiger charge is 2.42. The lowest BCUT2D eigenvalue weighted by Gasteiger charge is -2.28. The molecular weight excluding hydrogens is 374 g/mol. The third kappa shape index (κ3) is 3.42.